The molecule has 0 aromatic carbocycles. The first-order chi connectivity index (χ1) is 8.38. The molecule has 0 radical (unpaired) electrons. The molecule has 0 spiro atoms. The third kappa shape index (κ3) is 4.83. The summed E-state index contributed by atoms with van der Waals surface area (Å²) in [6.07, 6.45) is 6.70. The molecule has 0 bridgehead atoms. The SMILES string of the molecule is CCNC(=NCc1ccon1)NC1CCCC1.I. The Bertz CT molecular complexity index is 347. The maximum Gasteiger partial charge on any atom is 0.191 e. The zero-order valence-corrected chi connectivity index (χ0v) is 13.0. The Labute approximate surface area is 125 Å². The molecule has 1 heterocycles. The molecular formula is C12H21IN4O. The summed E-state index contributed by atoms with van der Waals surface area (Å²) in [5.41, 5.74) is 0.855. The molecule has 5 nitrogen and oxygen atoms in total. The number of hydrogen-bond acceptors (Lipinski definition) is 3. The van der Waals surface area contributed by atoms with Gasteiger partial charge in [0.25, 0.3) is 0 Å². The Morgan fingerprint density at radius 3 is 2.89 bits per heavy atom. The van der Waals surface area contributed by atoms with Crippen LogP contribution in [0.2, 0.25) is 0 Å². The fourth-order valence-corrected chi connectivity index (χ4v) is 2.06. The van der Waals surface area contributed by atoms with Crippen LogP contribution < -0.4 is 10.6 Å². The van der Waals surface area contributed by atoms with Crippen molar-refractivity contribution in [2.75, 3.05) is 6.54 Å². The zero-order chi connectivity index (χ0) is 11.9. The third-order valence-electron chi connectivity index (χ3n) is 2.93. The largest absolute Gasteiger partial charge is 0.364 e. The van der Waals surface area contributed by atoms with Gasteiger partial charge in [-0.1, -0.05) is 18.0 Å². The van der Waals surface area contributed by atoms with Gasteiger partial charge in [-0.3, -0.25) is 0 Å². The Kier molecular flexibility index (Phi) is 7.07. The Morgan fingerprint density at radius 2 is 2.28 bits per heavy atom. The maximum atomic E-state index is 4.78. The Balaban J connectivity index is 0.00000162. The van der Waals surface area contributed by atoms with Crippen molar-refractivity contribution < 1.29 is 4.52 Å². The average Bonchev–Trinajstić information content (AvgIpc) is 2.99. The molecule has 2 N–H and O–H groups in total. The molecule has 2 rings (SSSR count). The molecule has 1 fully saturated rings. The van der Waals surface area contributed by atoms with Gasteiger partial charge in [0.15, 0.2) is 5.96 Å². The van der Waals surface area contributed by atoms with Crippen molar-refractivity contribution in [3.05, 3.63) is 18.0 Å². The van der Waals surface area contributed by atoms with Gasteiger partial charge >= 0.3 is 0 Å². The van der Waals surface area contributed by atoms with E-state index in [0.29, 0.717) is 12.6 Å². The summed E-state index contributed by atoms with van der Waals surface area (Å²) in [6, 6.07) is 2.41. The molecule has 6 heteroatoms. The molecule has 0 aliphatic heterocycles. The highest BCUT2D eigenvalue weighted by Crippen LogP contribution is 2.17. The summed E-state index contributed by atoms with van der Waals surface area (Å²) in [5, 5.41) is 10.6. The number of rotatable bonds is 4. The first kappa shape index (κ1) is 15.3. The van der Waals surface area contributed by atoms with Crippen LogP contribution in [0.4, 0.5) is 0 Å². The van der Waals surface area contributed by atoms with E-state index >= 15 is 0 Å². The minimum absolute atomic E-state index is 0. The second kappa shape index (κ2) is 8.34. The molecule has 1 saturated carbocycles. The predicted octanol–water partition coefficient (Wildman–Crippen LogP) is 2.29. The van der Waals surface area contributed by atoms with Gasteiger partial charge in [-0.15, -0.1) is 24.0 Å². The lowest BCUT2D eigenvalue weighted by molar-refractivity contribution is 0.412. The van der Waals surface area contributed by atoms with Crippen LogP contribution in [0, 0.1) is 0 Å². The van der Waals surface area contributed by atoms with Gasteiger partial charge in [-0.2, -0.15) is 0 Å². The van der Waals surface area contributed by atoms with E-state index in [1.165, 1.54) is 25.7 Å². The predicted molar refractivity (Wildman–Crippen MR) is 82.1 cm³/mol. The monoisotopic (exact) mass is 364 g/mol. The molecular weight excluding hydrogens is 343 g/mol. The normalized spacial score (nSPS) is 16.4. The Morgan fingerprint density at radius 1 is 1.50 bits per heavy atom. The van der Waals surface area contributed by atoms with Crippen molar-refractivity contribution in [2.24, 2.45) is 4.99 Å². The number of halogens is 1. The summed E-state index contributed by atoms with van der Waals surface area (Å²) >= 11 is 0. The number of nitrogens with one attached hydrogen (secondary N) is 2. The van der Waals surface area contributed by atoms with Crippen molar-refractivity contribution in [3.8, 4) is 0 Å². The molecule has 0 atom stereocenters. The van der Waals surface area contributed by atoms with Crippen molar-refractivity contribution in [1.29, 1.82) is 0 Å². The lowest BCUT2D eigenvalue weighted by atomic mass is 10.2. The summed E-state index contributed by atoms with van der Waals surface area (Å²) in [4.78, 5) is 4.49. The van der Waals surface area contributed by atoms with Gasteiger partial charge in [-0.05, 0) is 19.8 Å². The van der Waals surface area contributed by atoms with Gasteiger partial charge in [0.2, 0.25) is 0 Å². The fraction of sp³-hybridized carbons (Fsp3) is 0.667. The quantitative estimate of drug-likeness (QED) is 0.489. The van der Waals surface area contributed by atoms with Crippen LogP contribution in [-0.2, 0) is 6.54 Å². The van der Waals surface area contributed by atoms with Crippen LogP contribution in [0.25, 0.3) is 0 Å². The molecule has 1 aliphatic rings. The molecule has 1 aromatic heterocycles. The van der Waals surface area contributed by atoms with Crippen LogP contribution >= 0.6 is 24.0 Å². The van der Waals surface area contributed by atoms with Gasteiger partial charge in [0.05, 0.1) is 6.54 Å². The molecule has 0 unspecified atom stereocenters. The van der Waals surface area contributed by atoms with Crippen molar-refractivity contribution in [2.45, 2.75) is 45.2 Å². The number of hydrogen-bond donors (Lipinski definition) is 2. The van der Waals surface area contributed by atoms with Crippen molar-refractivity contribution in [3.63, 3.8) is 0 Å². The minimum Gasteiger partial charge on any atom is -0.364 e. The fourth-order valence-electron chi connectivity index (χ4n) is 2.06. The van der Waals surface area contributed by atoms with E-state index in [1.807, 2.05) is 6.07 Å². The van der Waals surface area contributed by atoms with Crippen molar-refractivity contribution >= 4 is 29.9 Å². The number of guanidine groups is 1. The number of nitrogens with zero attached hydrogens (tertiary/aromatic N) is 2. The lowest BCUT2D eigenvalue weighted by Gasteiger charge is -2.16. The molecule has 1 aliphatic carbocycles. The van der Waals surface area contributed by atoms with Gasteiger partial charge in [-0.25, -0.2) is 4.99 Å². The smallest absolute Gasteiger partial charge is 0.191 e. The maximum absolute atomic E-state index is 4.78. The van der Waals surface area contributed by atoms with E-state index in [4.69, 9.17) is 4.52 Å². The van der Waals surface area contributed by atoms with E-state index < -0.39 is 0 Å². The van der Waals surface area contributed by atoms with Crippen LogP contribution in [-0.4, -0.2) is 23.7 Å². The van der Waals surface area contributed by atoms with E-state index in [9.17, 15) is 0 Å². The van der Waals surface area contributed by atoms with E-state index in [1.54, 1.807) is 6.26 Å². The molecule has 1 aromatic rings. The van der Waals surface area contributed by atoms with E-state index in [-0.39, 0.29) is 24.0 Å². The zero-order valence-electron chi connectivity index (χ0n) is 10.7. The molecule has 18 heavy (non-hydrogen) atoms. The van der Waals surface area contributed by atoms with Gasteiger partial charge in [0.1, 0.15) is 12.0 Å². The van der Waals surface area contributed by atoms with Gasteiger partial charge < -0.3 is 15.2 Å². The number of aliphatic imine (C=N–C) groups is 1. The number of aromatic nitrogens is 1. The topological polar surface area (TPSA) is 62.5 Å². The van der Waals surface area contributed by atoms with Crippen LogP contribution in [0.3, 0.4) is 0 Å². The summed E-state index contributed by atoms with van der Waals surface area (Å²) in [5.74, 6) is 0.877. The highest BCUT2D eigenvalue weighted by atomic mass is 127. The minimum atomic E-state index is 0. The summed E-state index contributed by atoms with van der Waals surface area (Å²) in [7, 11) is 0. The second-order valence-corrected chi connectivity index (χ2v) is 4.31. The molecule has 102 valence electrons. The van der Waals surface area contributed by atoms with E-state index in [0.717, 1.165) is 18.2 Å². The van der Waals surface area contributed by atoms with Crippen LogP contribution in [0.15, 0.2) is 21.8 Å². The van der Waals surface area contributed by atoms with Gasteiger partial charge in [0, 0.05) is 18.7 Å². The standard InChI is InChI=1S/C12H20N4O.HI/c1-2-13-12(15-10-5-3-4-6-10)14-9-11-7-8-17-16-11;/h7-8,10H,2-6,9H2,1H3,(H2,13,14,15);1H. The second-order valence-electron chi connectivity index (χ2n) is 4.31. The highest BCUT2D eigenvalue weighted by molar-refractivity contribution is 14.0. The first-order valence-corrected chi connectivity index (χ1v) is 6.32. The van der Waals surface area contributed by atoms with E-state index in [2.05, 4.69) is 27.7 Å². The Hall–Kier alpha value is -0.790. The van der Waals surface area contributed by atoms with Crippen LogP contribution in [0.1, 0.15) is 38.3 Å². The van der Waals surface area contributed by atoms with Crippen molar-refractivity contribution in [1.82, 2.24) is 15.8 Å². The molecule has 0 amide bonds. The lowest BCUT2D eigenvalue weighted by Crippen LogP contribution is -2.42. The molecule has 0 saturated heterocycles. The van der Waals surface area contributed by atoms with Crippen LogP contribution in [0.5, 0.6) is 0 Å². The third-order valence-corrected chi connectivity index (χ3v) is 2.93. The summed E-state index contributed by atoms with van der Waals surface area (Å²) < 4.78 is 4.78. The first-order valence-electron chi connectivity index (χ1n) is 6.32. The summed E-state index contributed by atoms with van der Waals surface area (Å²) in [6.45, 7) is 3.50. The average molecular weight is 364 g/mol. The highest BCUT2D eigenvalue weighted by Gasteiger charge is 2.15.